The number of nitrogens with zero attached hydrogens (tertiary/aromatic N) is 1. The van der Waals surface area contributed by atoms with Gasteiger partial charge in [0.15, 0.2) is 0 Å². The first-order valence-electron chi connectivity index (χ1n) is 26.2. The van der Waals surface area contributed by atoms with Crippen LogP contribution in [0.2, 0.25) is 0 Å². The molecule has 12 aromatic rings. The average Bonchev–Trinajstić information content (AvgIpc) is 3.56. The molecule has 81 heavy (non-hydrogen) atoms. The van der Waals surface area contributed by atoms with Crippen LogP contribution in [0.3, 0.4) is 0 Å². The Kier molecular flexibility index (Phi) is 25.9. The van der Waals surface area contributed by atoms with Gasteiger partial charge in [-0.15, -0.1) is 0 Å². The van der Waals surface area contributed by atoms with E-state index in [1.165, 1.54) is 63.7 Å². The molecule has 0 fully saturated rings. The first-order chi connectivity index (χ1) is 39.5. The summed E-state index contributed by atoms with van der Waals surface area (Å²) in [6.07, 6.45) is 0. The molecule has 12 rings (SSSR count). The number of benzene rings is 12. The van der Waals surface area contributed by atoms with E-state index in [1.54, 1.807) is 0 Å². The monoisotopic (exact) mass is 1220 g/mol. The van der Waals surface area contributed by atoms with Gasteiger partial charge in [-0.25, -0.2) is 0 Å². The Morgan fingerprint density at radius 2 is 0.235 bits per heavy atom. The zero-order valence-electron chi connectivity index (χ0n) is 44.4. The summed E-state index contributed by atoms with van der Waals surface area (Å²) >= 11 is 0. The maximum atomic E-state index is 8.25. The predicted molar refractivity (Wildman–Crippen MR) is 351 cm³/mol. The van der Waals surface area contributed by atoms with Crippen LogP contribution >= 0.6 is 31.7 Å². The van der Waals surface area contributed by atoms with E-state index in [9.17, 15) is 0 Å². The van der Waals surface area contributed by atoms with Gasteiger partial charge in [0.1, 0.15) is 0 Å². The molecule has 0 unspecified atom stereocenters. The summed E-state index contributed by atoms with van der Waals surface area (Å²) < 4.78 is 0. The number of hydrogen-bond donors (Lipinski definition) is 0. The zero-order valence-corrected chi connectivity index (χ0v) is 49.5. The van der Waals surface area contributed by atoms with Crippen molar-refractivity contribution in [3.05, 3.63) is 379 Å². The van der Waals surface area contributed by atoms with Crippen molar-refractivity contribution in [2.75, 3.05) is 0 Å². The summed E-state index contributed by atoms with van der Waals surface area (Å²) in [7, 11) is -1.78. The van der Waals surface area contributed by atoms with Crippen LogP contribution in [0.4, 0.5) is 0 Å². The van der Waals surface area contributed by atoms with E-state index in [1.807, 2.05) is 0 Å². The fourth-order valence-corrected chi connectivity index (χ4v) is 17.9. The molecular formula is C72H60AgNO3P4. The van der Waals surface area contributed by atoms with Gasteiger partial charge in [0.25, 0.3) is 0 Å². The van der Waals surface area contributed by atoms with Crippen molar-refractivity contribution in [1.82, 2.24) is 0 Å². The van der Waals surface area contributed by atoms with Crippen molar-refractivity contribution >= 4 is 95.3 Å². The Morgan fingerprint density at radius 1 is 0.173 bits per heavy atom. The topological polar surface area (TPSA) is 66.2 Å². The summed E-state index contributed by atoms with van der Waals surface area (Å²) in [5.41, 5.74) is 0. The van der Waals surface area contributed by atoms with Crippen molar-refractivity contribution in [3.8, 4) is 0 Å². The van der Waals surface area contributed by atoms with E-state index in [4.69, 9.17) is 15.3 Å². The molecule has 0 aromatic heterocycles. The van der Waals surface area contributed by atoms with Crippen molar-refractivity contribution < 1.29 is 27.5 Å². The van der Waals surface area contributed by atoms with Gasteiger partial charge >= 0.3 is 22.4 Å². The van der Waals surface area contributed by atoms with E-state index in [0.29, 0.717) is 0 Å². The first-order valence-corrected chi connectivity index (χ1v) is 31.5. The number of rotatable bonds is 12. The van der Waals surface area contributed by atoms with Gasteiger partial charge in [0, 0.05) is 0 Å². The Morgan fingerprint density at radius 3 is 0.296 bits per heavy atom. The third kappa shape index (κ3) is 19.2. The fourth-order valence-electron chi connectivity index (χ4n) is 8.71. The summed E-state index contributed by atoms with van der Waals surface area (Å²) in [6.45, 7) is 0. The van der Waals surface area contributed by atoms with E-state index in [0.717, 1.165) is 0 Å². The minimum atomic E-state index is -1.75. The second-order valence-corrected chi connectivity index (χ2v) is 26.5. The van der Waals surface area contributed by atoms with Crippen LogP contribution in [-0.2, 0) is 22.4 Å². The largest absolute Gasteiger partial charge is 1.00 e. The van der Waals surface area contributed by atoms with Gasteiger partial charge in [0.05, 0.1) is 5.09 Å². The summed E-state index contributed by atoms with van der Waals surface area (Å²) in [4.78, 5) is 8.25. The molecule has 9 heteroatoms. The zero-order chi connectivity index (χ0) is 55.2. The molecule has 0 saturated carbocycles. The van der Waals surface area contributed by atoms with Gasteiger partial charge in [-0.2, -0.15) is 0 Å². The summed E-state index contributed by atoms with van der Waals surface area (Å²) in [5.74, 6) is 0. The standard InChI is InChI=1S/4C18H15P.Ag.NO3/c4*1-4-10-16(11-5-1)19(17-12-6-2-7-13-17)18-14-8-3-9-15-18;;2-1(3)4/h4*1-15H;;/q;;;;+1;-1. The Balaban J connectivity index is 0.000000152. The smallest absolute Gasteiger partial charge is 0.356 e. The maximum Gasteiger partial charge on any atom is 1.00 e. The van der Waals surface area contributed by atoms with Crippen LogP contribution in [0, 0.1) is 15.3 Å². The molecular weight excluding hydrogens is 1160 g/mol. The summed E-state index contributed by atoms with van der Waals surface area (Å²) in [6, 6.07) is 129. The molecule has 0 amide bonds. The van der Waals surface area contributed by atoms with E-state index in [-0.39, 0.29) is 22.4 Å². The molecule has 0 saturated heterocycles. The summed E-state index contributed by atoms with van der Waals surface area (Å²) in [5, 5.41) is 31.5. The Hall–Kier alpha value is -7.70. The molecule has 0 aliphatic heterocycles. The van der Waals surface area contributed by atoms with Gasteiger partial charge < -0.3 is 15.3 Å². The second-order valence-electron chi connectivity index (χ2n) is 17.6. The molecule has 0 N–H and O–H groups in total. The molecule has 0 aliphatic carbocycles. The van der Waals surface area contributed by atoms with Crippen LogP contribution in [0.5, 0.6) is 0 Å². The molecule has 0 radical (unpaired) electrons. The normalized spacial score (nSPS) is 10.2. The van der Waals surface area contributed by atoms with Crippen LogP contribution in [0.1, 0.15) is 0 Å². The Bertz CT molecular complexity index is 2710. The van der Waals surface area contributed by atoms with Crippen molar-refractivity contribution in [2.45, 2.75) is 0 Å². The average molecular weight is 1220 g/mol. The SMILES string of the molecule is O=[N+]([O-])[O-].[Ag+].c1ccc(P(c2ccccc2)c2ccccc2)cc1.c1ccc(P(c2ccccc2)c2ccccc2)cc1.c1ccc(P(c2ccccc2)c2ccccc2)cc1.c1ccc(P(c2ccccc2)c2ccccc2)cc1. The third-order valence-electron chi connectivity index (χ3n) is 12.2. The molecule has 0 heterocycles. The Labute approximate surface area is 498 Å². The quantitative estimate of drug-likeness (QED) is 0.0530. The fraction of sp³-hybridized carbons (Fsp3) is 0. The van der Waals surface area contributed by atoms with Crippen molar-refractivity contribution in [1.29, 1.82) is 0 Å². The van der Waals surface area contributed by atoms with E-state index >= 15 is 0 Å². The van der Waals surface area contributed by atoms with Crippen molar-refractivity contribution in [2.24, 2.45) is 0 Å². The minimum absolute atomic E-state index is 0. The van der Waals surface area contributed by atoms with Crippen molar-refractivity contribution in [3.63, 3.8) is 0 Å². The minimum Gasteiger partial charge on any atom is -0.356 e. The van der Waals surface area contributed by atoms with Crippen LogP contribution in [0.25, 0.3) is 0 Å². The molecule has 12 aromatic carbocycles. The van der Waals surface area contributed by atoms with Gasteiger partial charge in [0.2, 0.25) is 0 Å². The molecule has 0 bridgehead atoms. The molecule has 402 valence electrons. The first kappa shape index (κ1) is 60.9. The number of hydrogen-bond acceptors (Lipinski definition) is 3. The maximum absolute atomic E-state index is 8.25. The molecule has 0 spiro atoms. The van der Waals surface area contributed by atoms with Crippen LogP contribution in [0.15, 0.2) is 364 Å². The third-order valence-corrected chi connectivity index (χ3v) is 21.9. The molecule has 4 nitrogen and oxygen atoms in total. The van der Waals surface area contributed by atoms with E-state index in [2.05, 4.69) is 364 Å². The molecule has 0 aliphatic rings. The molecule has 0 atom stereocenters. The second kappa shape index (κ2) is 34.4. The van der Waals surface area contributed by atoms with Gasteiger partial charge in [-0.05, 0) is 95.3 Å². The predicted octanol–water partition coefficient (Wildman–Crippen LogP) is 13.5. The van der Waals surface area contributed by atoms with Crippen LogP contribution < -0.4 is 63.7 Å². The van der Waals surface area contributed by atoms with Crippen LogP contribution in [-0.4, -0.2) is 5.09 Å². The van der Waals surface area contributed by atoms with Gasteiger partial charge in [-0.1, -0.05) is 364 Å². The van der Waals surface area contributed by atoms with Gasteiger partial charge in [-0.3, -0.25) is 0 Å². The van der Waals surface area contributed by atoms with E-state index < -0.39 is 36.8 Å².